The van der Waals surface area contributed by atoms with Crippen LogP contribution in [0.4, 0.5) is 5.82 Å². The van der Waals surface area contributed by atoms with E-state index in [-0.39, 0.29) is 5.54 Å². The van der Waals surface area contributed by atoms with E-state index in [1.54, 1.807) is 0 Å². The molecular formula is C16H31N5. The molecule has 21 heavy (non-hydrogen) atoms. The third-order valence-electron chi connectivity index (χ3n) is 3.14. The van der Waals surface area contributed by atoms with Crippen molar-refractivity contribution >= 4 is 5.82 Å². The number of hydrogen-bond acceptors (Lipinski definition) is 5. The van der Waals surface area contributed by atoms with Gasteiger partial charge in [-0.05, 0) is 53.4 Å². The van der Waals surface area contributed by atoms with E-state index in [2.05, 4.69) is 79.2 Å². The first-order valence-corrected chi connectivity index (χ1v) is 7.79. The first-order valence-electron chi connectivity index (χ1n) is 7.79. The van der Waals surface area contributed by atoms with Crippen molar-refractivity contribution in [3.05, 3.63) is 17.8 Å². The molecule has 0 amide bonds. The minimum atomic E-state index is 0.0975. The molecule has 1 rings (SSSR count). The van der Waals surface area contributed by atoms with Crippen LogP contribution >= 0.6 is 0 Å². The lowest BCUT2D eigenvalue weighted by molar-refractivity contribution is 0.411. The molecule has 0 fully saturated rings. The molecular weight excluding hydrogens is 262 g/mol. The molecule has 0 spiro atoms. The van der Waals surface area contributed by atoms with Crippen LogP contribution < -0.4 is 10.2 Å². The summed E-state index contributed by atoms with van der Waals surface area (Å²) in [5.74, 6) is 0.971. The molecule has 0 aromatic carbocycles. The van der Waals surface area contributed by atoms with Crippen molar-refractivity contribution in [2.24, 2.45) is 0 Å². The van der Waals surface area contributed by atoms with E-state index < -0.39 is 0 Å². The van der Waals surface area contributed by atoms with Crippen molar-refractivity contribution in [1.82, 2.24) is 20.4 Å². The largest absolute Gasteiger partial charge is 0.354 e. The quantitative estimate of drug-likeness (QED) is 0.795. The summed E-state index contributed by atoms with van der Waals surface area (Å²) in [6, 6.07) is 4.15. The van der Waals surface area contributed by atoms with Gasteiger partial charge in [0, 0.05) is 31.7 Å². The Morgan fingerprint density at radius 2 is 1.76 bits per heavy atom. The fourth-order valence-electron chi connectivity index (χ4n) is 1.90. The molecule has 1 aromatic rings. The first kappa shape index (κ1) is 17.9. The number of anilines is 1. The van der Waals surface area contributed by atoms with Gasteiger partial charge in [-0.25, -0.2) is 0 Å². The van der Waals surface area contributed by atoms with Crippen molar-refractivity contribution < 1.29 is 0 Å². The third kappa shape index (κ3) is 7.39. The molecule has 5 heteroatoms. The molecule has 0 atom stereocenters. The Hall–Kier alpha value is -1.20. The van der Waals surface area contributed by atoms with Gasteiger partial charge < -0.3 is 15.1 Å². The van der Waals surface area contributed by atoms with Gasteiger partial charge in [0.15, 0.2) is 5.82 Å². The summed E-state index contributed by atoms with van der Waals surface area (Å²) in [4.78, 5) is 4.49. The highest BCUT2D eigenvalue weighted by molar-refractivity contribution is 5.37. The van der Waals surface area contributed by atoms with Crippen LogP contribution in [0.1, 0.15) is 39.8 Å². The van der Waals surface area contributed by atoms with Crippen LogP contribution in [0.3, 0.4) is 0 Å². The van der Waals surface area contributed by atoms with E-state index in [4.69, 9.17) is 0 Å². The van der Waals surface area contributed by atoms with Crippen molar-refractivity contribution in [2.75, 3.05) is 38.6 Å². The zero-order valence-corrected chi connectivity index (χ0v) is 14.5. The summed E-state index contributed by atoms with van der Waals surface area (Å²) in [6.45, 7) is 12.4. The summed E-state index contributed by atoms with van der Waals surface area (Å²) in [5, 5.41) is 12.2. The molecule has 1 N–H and O–H groups in total. The number of likely N-dealkylation sites (N-methyl/N-ethyl adjacent to an activating group) is 1. The summed E-state index contributed by atoms with van der Waals surface area (Å²) >= 11 is 0. The van der Waals surface area contributed by atoms with Crippen molar-refractivity contribution in [3.8, 4) is 0 Å². The Balaban J connectivity index is 2.64. The third-order valence-corrected chi connectivity index (χ3v) is 3.14. The Kier molecular flexibility index (Phi) is 7.05. The maximum Gasteiger partial charge on any atom is 0.151 e. The molecule has 0 saturated carbocycles. The lowest BCUT2D eigenvalue weighted by Gasteiger charge is -2.24. The average Bonchev–Trinajstić information content (AvgIpc) is 2.41. The van der Waals surface area contributed by atoms with E-state index >= 15 is 0 Å². The minimum Gasteiger partial charge on any atom is -0.354 e. The molecule has 0 aliphatic rings. The molecule has 120 valence electrons. The summed E-state index contributed by atoms with van der Waals surface area (Å²) in [5.41, 5.74) is 1.08. The lowest BCUT2D eigenvalue weighted by Crippen LogP contribution is -2.35. The topological polar surface area (TPSA) is 44.3 Å². The second-order valence-corrected chi connectivity index (χ2v) is 6.78. The number of aromatic nitrogens is 2. The summed E-state index contributed by atoms with van der Waals surface area (Å²) in [7, 11) is 4.19. The SMILES string of the molecule is CCCN(CCN(C)C)c1ccc(CNC(C)(C)C)nn1. The predicted molar refractivity (Wildman–Crippen MR) is 89.7 cm³/mol. The van der Waals surface area contributed by atoms with E-state index in [9.17, 15) is 0 Å². The maximum atomic E-state index is 4.39. The molecule has 1 heterocycles. The van der Waals surface area contributed by atoms with Crippen LogP contribution in [0.2, 0.25) is 0 Å². The van der Waals surface area contributed by atoms with Gasteiger partial charge in [-0.3, -0.25) is 0 Å². The smallest absolute Gasteiger partial charge is 0.151 e. The molecule has 0 saturated heterocycles. The molecule has 0 bridgehead atoms. The maximum absolute atomic E-state index is 4.39. The van der Waals surface area contributed by atoms with E-state index in [1.165, 1.54) is 0 Å². The Morgan fingerprint density at radius 3 is 2.24 bits per heavy atom. The molecule has 0 radical (unpaired) electrons. The lowest BCUT2D eigenvalue weighted by atomic mass is 10.1. The fourth-order valence-corrected chi connectivity index (χ4v) is 1.90. The van der Waals surface area contributed by atoms with Crippen molar-refractivity contribution in [3.63, 3.8) is 0 Å². The minimum absolute atomic E-state index is 0.0975. The predicted octanol–water partition coefficient (Wildman–Crippen LogP) is 2.14. The van der Waals surface area contributed by atoms with Crippen LogP contribution in [0, 0.1) is 0 Å². The van der Waals surface area contributed by atoms with E-state index in [1.807, 2.05) is 0 Å². The molecule has 5 nitrogen and oxygen atoms in total. The Bertz CT molecular complexity index is 394. The Morgan fingerprint density at radius 1 is 1.05 bits per heavy atom. The van der Waals surface area contributed by atoms with Gasteiger partial charge >= 0.3 is 0 Å². The van der Waals surface area contributed by atoms with Crippen LogP contribution in [0.5, 0.6) is 0 Å². The highest BCUT2D eigenvalue weighted by atomic mass is 15.3. The average molecular weight is 293 g/mol. The Labute approximate surface area is 129 Å². The number of hydrogen-bond donors (Lipinski definition) is 1. The normalized spacial score (nSPS) is 12.0. The van der Waals surface area contributed by atoms with Crippen LogP contribution in [-0.4, -0.2) is 54.4 Å². The van der Waals surface area contributed by atoms with Crippen molar-refractivity contribution in [1.29, 1.82) is 0 Å². The number of nitrogens with zero attached hydrogens (tertiary/aromatic N) is 4. The van der Waals surface area contributed by atoms with E-state index in [0.717, 1.165) is 44.1 Å². The molecule has 1 aromatic heterocycles. The summed E-state index contributed by atoms with van der Waals surface area (Å²) in [6.07, 6.45) is 1.11. The second-order valence-electron chi connectivity index (χ2n) is 6.78. The fraction of sp³-hybridized carbons (Fsp3) is 0.750. The zero-order valence-electron chi connectivity index (χ0n) is 14.5. The van der Waals surface area contributed by atoms with Crippen LogP contribution in [0.15, 0.2) is 12.1 Å². The van der Waals surface area contributed by atoms with Gasteiger partial charge in [-0.15, -0.1) is 5.10 Å². The highest BCUT2D eigenvalue weighted by Crippen LogP contribution is 2.11. The van der Waals surface area contributed by atoms with Crippen LogP contribution in [-0.2, 0) is 6.54 Å². The monoisotopic (exact) mass is 293 g/mol. The molecule has 0 aliphatic heterocycles. The van der Waals surface area contributed by atoms with Crippen molar-refractivity contribution in [2.45, 2.75) is 46.2 Å². The number of nitrogens with one attached hydrogen (secondary N) is 1. The van der Waals surface area contributed by atoms with E-state index in [0.29, 0.717) is 0 Å². The van der Waals surface area contributed by atoms with Gasteiger partial charge in [-0.1, -0.05) is 6.92 Å². The second kappa shape index (κ2) is 8.29. The number of rotatable bonds is 8. The molecule has 0 unspecified atom stereocenters. The molecule has 0 aliphatic carbocycles. The van der Waals surface area contributed by atoms with Gasteiger partial charge in [0.05, 0.1) is 5.69 Å². The van der Waals surface area contributed by atoms with Gasteiger partial charge in [-0.2, -0.15) is 5.10 Å². The standard InChI is InChI=1S/C16H31N5/c1-7-10-21(12-11-20(5)6)15-9-8-14(18-19-15)13-17-16(2,3)4/h8-9,17H,7,10-13H2,1-6H3. The van der Waals surface area contributed by atoms with Gasteiger partial charge in [0.25, 0.3) is 0 Å². The van der Waals surface area contributed by atoms with Gasteiger partial charge in [0.1, 0.15) is 0 Å². The van der Waals surface area contributed by atoms with Crippen LogP contribution in [0.25, 0.3) is 0 Å². The first-order chi connectivity index (χ1) is 9.81. The van der Waals surface area contributed by atoms with Gasteiger partial charge in [0.2, 0.25) is 0 Å². The zero-order chi connectivity index (χ0) is 15.9. The highest BCUT2D eigenvalue weighted by Gasteiger charge is 2.11. The summed E-state index contributed by atoms with van der Waals surface area (Å²) < 4.78 is 0.